The summed E-state index contributed by atoms with van der Waals surface area (Å²) in [5.41, 5.74) is 1.10. The Hall–Kier alpha value is -1.32. The quantitative estimate of drug-likeness (QED) is 0.775. The molecule has 0 spiro atoms. The van der Waals surface area contributed by atoms with Crippen molar-refractivity contribution in [3.05, 3.63) is 18.0 Å². The maximum absolute atomic E-state index is 10.7. The molecule has 0 amide bonds. The molecule has 1 heterocycles. The molecule has 0 aliphatic carbocycles. The third kappa shape index (κ3) is 2.87. The van der Waals surface area contributed by atoms with Gasteiger partial charge in [-0.1, -0.05) is 6.92 Å². The van der Waals surface area contributed by atoms with Gasteiger partial charge in [0.05, 0.1) is 12.1 Å². The van der Waals surface area contributed by atoms with Crippen LogP contribution in [0.4, 0.5) is 0 Å². The molecule has 0 radical (unpaired) electrons. The van der Waals surface area contributed by atoms with Crippen LogP contribution < -0.4 is 0 Å². The number of nitrogens with zero attached hydrogens (tertiary/aromatic N) is 2. The van der Waals surface area contributed by atoms with E-state index in [9.17, 15) is 4.79 Å². The van der Waals surface area contributed by atoms with E-state index < -0.39 is 5.97 Å². The number of carboxylic acids is 1. The molecule has 78 valence electrons. The molecule has 0 aliphatic rings. The first-order chi connectivity index (χ1) is 6.63. The van der Waals surface area contributed by atoms with Crippen LogP contribution in [0.1, 0.15) is 25.3 Å². The van der Waals surface area contributed by atoms with Gasteiger partial charge in [0, 0.05) is 13.2 Å². The second-order valence-electron chi connectivity index (χ2n) is 3.50. The molecule has 1 N–H and O–H groups in total. The van der Waals surface area contributed by atoms with Crippen molar-refractivity contribution in [1.29, 1.82) is 0 Å². The van der Waals surface area contributed by atoms with E-state index in [0.29, 0.717) is 12.8 Å². The van der Waals surface area contributed by atoms with Gasteiger partial charge in [0.15, 0.2) is 0 Å². The zero-order valence-corrected chi connectivity index (χ0v) is 8.60. The Kier molecular flexibility index (Phi) is 3.68. The number of aryl methyl sites for hydroxylation is 2. The highest BCUT2D eigenvalue weighted by Crippen LogP contribution is 2.12. The number of rotatable bonds is 5. The summed E-state index contributed by atoms with van der Waals surface area (Å²) >= 11 is 0. The molecular formula is C10H16N2O2. The van der Waals surface area contributed by atoms with Crippen LogP contribution in [-0.4, -0.2) is 20.9 Å². The van der Waals surface area contributed by atoms with Crippen LogP contribution in [0.25, 0.3) is 0 Å². The number of aromatic nitrogens is 2. The number of hydrogen-bond donors (Lipinski definition) is 1. The molecule has 1 aromatic rings. The Labute approximate surface area is 83.5 Å². The molecule has 0 fully saturated rings. The minimum Gasteiger partial charge on any atom is -0.481 e. The summed E-state index contributed by atoms with van der Waals surface area (Å²) in [5.74, 6) is -0.924. The minimum atomic E-state index is -0.698. The molecule has 1 unspecified atom stereocenters. The third-order valence-corrected chi connectivity index (χ3v) is 2.38. The zero-order valence-electron chi connectivity index (χ0n) is 8.60. The molecular weight excluding hydrogens is 180 g/mol. The zero-order chi connectivity index (χ0) is 10.6. The van der Waals surface area contributed by atoms with Crippen LogP contribution in [0.5, 0.6) is 0 Å². The molecule has 1 atom stereocenters. The molecule has 0 saturated heterocycles. The first-order valence-corrected chi connectivity index (χ1v) is 4.83. The standard InChI is InChI=1S/C10H16N2O2/c1-3-9(10(13)14)5-4-8-6-11-12(2)7-8/h6-7,9H,3-5H2,1-2H3,(H,13,14). The smallest absolute Gasteiger partial charge is 0.306 e. The summed E-state index contributed by atoms with van der Waals surface area (Å²) in [4.78, 5) is 10.7. The monoisotopic (exact) mass is 196 g/mol. The highest BCUT2D eigenvalue weighted by atomic mass is 16.4. The van der Waals surface area contributed by atoms with Crippen molar-refractivity contribution in [3.8, 4) is 0 Å². The Balaban J connectivity index is 2.43. The number of carbonyl (C=O) groups is 1. The maximum atomic E-state index is 10.7. The van der Waals surface area contributed by atoms with Gasteiger partial charge in [-0.15, -0.1) is 0 Å². The van der Waals surface area contributed by atoms with Crippen LogP contribution in [0.3, 0.4) is 0 Å². The normalized spacial score (nSPS) is 12.7. The fourth-order valence-corrected chi connectivity index (χ4v) is 1.44. The molecule has 14 heavy (non-hydrogen) atoms. The SMILES string of the molecule is CCC(CCc1cnn(C)c1)C(=O)O. The molecule has 0 bridgehead atoms. The van der Waals surface area contributed by atoms with Crippen LogP contribution in [-0.2, 0) is 18.3 Å². The van der Waals surface area contributed by atoms with Crippen molar-refractivity contribution < 1.29 is 9.90 Å². The van der Waals surface area contributed by atoms with E-state index in [2.05, 4.69) is 5.10 Å². The lowest BCUT2D eigenvalue weighted by Crippen LogP contribution is -2.13. The van der Waals surface area contributed by atoms with Crippen molar-refractivity contribution in [1.82, 2.24) is 9.78 Å². The van der Waals surface area contributed by atoms with E-state index in [-0.39, 0.29) is 5.92 Å². The van der Waals surface area contributed by atoms with E-state index in [1.165, 1.54) is 0 Å². The van der Waals surface area contributed by atoms with E-state index in [0.717, 1.165) is 12.0 Å². The summed E-state index contributed by atoms with van der Waals surface area (Å²) in [6.45, 7) is 1.90. The van der Waals surface area contributed by atoms with Gasteiger partial charge in [0.25, 0.3) is 0 Å². The number of carboxylic acid groups (broad SMARTS) is 1. The Morgan fingerprint density at radius 3 is 2.86 bits per heavy atom. The first kappa shape index (κ1) is 10.8. The predicted octanol–water partition coefficient (Wildman–Crippen LogP) is 1.46. The van der Waals surface area contributed by atoms with E-state index in [4.69, 9.17) is 5.11 Å². The van der Waals surface area contributed by atoms with Gasteiger partial charge in [-0.2, -0.15) is 5.10 Å². The average Bonchev–Trinajstić information content (AvgIpc) is 2.52. The van der Waals surface area contributed by atoms with Crippen molar-refractivity contribution in [2.24, 2.45) is 13.0 Å². The van der Waals surface area contributed by atoms with Crippen molar-refractivity contribution >= 4 is 5.97 Å². The lowest BCUT2D eigenvalue weighted by Gasteiger charge is -2.07. The van der Waals surface area contributed by atoms with Gasteiger partial charge in [0.1, 0.15) is 0 Å². The molecule has 4 heteroatoms. The largest absolute Gasteiger partial charge is 0.481 e. The van der Waals surface area contributed by atoms with E-state index in [1.807, 2.05) is 20.2 Å². The van der Waals surface area contributed by atoms with Crippen LogP contribution in [0.15, 0.2) is 12.4 Å². The second kappa shape index (κ2) is 4.79. The van der Waals surface area contributed by atoms with Crippen molar-refractivity contribution in [2.45, 2.75) is 26.2 Å². The fourth-order valence-electron chi connectivity index (χ4n) is 1.44. The Morgan fingerprint density at radius 1 is 1.71 bits per heavy atom. The highest BCUT2D eigenvalue weighted by Gasteiger charge is 2.14. The first-order valence-electron chi connectivity index (χ1n) is 4.83. The van der Waals surface area contributed by atoms with Gasteiger partial charge < -0.3 is 5.11 Å². The van der Waals surface area contributed by atoms with E-state index >= 15 is 0 Å². The summed E-state index contributed by atoms with van der Waals surface area (Å²) in [6.07, 6.45) is 5.88. The molecule has 0 aromatic carbocycles. The molecule has 4 nitrogen and oxygen atoms in total. The molecule has 0 aliphatic heterocycles. The summed E-state index contributed by atoms with van der Waals surface area (Å²) in [5, 5.41) is 12.9. The van der Waals surface area contributed by atoms with Crippen molar-refractivity contribution in [3.63, 3.8) is 0 Å². The fraction of sp³-hybridized carbons (Fsp3) is 0.600. The average molecular weight is 196 g/mol. The lowest BCUT2D eigenvalue weighted by atomic mass is 9.99. The molecule has 0 saturated carbocycles. The van der Waals surface area contributed by atoms with Gasteiger partial charge in [0.2, 0.25) is 0 Å². The van der Waals surface area contributed by atoms with Crippen LogP contribution in [0, 0.1) is 5.92 Å². The van der Waals surface area contributed by atoms with E-state index in [1.54, 1.807) is 10.9 Å². The minimum absolute atomic E-state index is 0.227. The lowest BCUT2D eigenvalue weighted by molar-refractivity contribution is -0.142. The maximum Gasteiger partial charge on any atom is 0.306 e. The topological polar surface area (TPSA) is 55.1 Å². The number of aliphatic carboxylic acids is 1. The molecule has 1 aromatic heterocycles. The summed E-state index contributed by atoms with van der Waals surface area (Å²) in [7, 11) is 1.86. The third-order valence-electron chi connectivity index (χ3n) is 2.38. The Morgan fingerprint density at radius 2 is 2.43 bits per heavy atom. The van der Waals surface area contributed by atoms with Gasteiger partial charge in [-0.05, 0) is 24.8 Å². The van der Waals surface area contributed by atoms with Crippen LogP contribution in [0.2, 0.25) is 0 Å². The summed E-state index contributed by atoms with van der Waals surface area (Å²) in [6, 6.07) is 0. The van der Waals surface area contributed by atoms with Crippen molar-refractivity contribution in [2.75, 3.05) is 0 Å². The van der Waals surface area contributed by atoms with Crippen LogP contribution >= 0.6 is 0 Å². The summed E-state index contributed by atoms with van der Waals surface area (Å²) < 4.78 is 1.73. The van der Waals surface area contributed by atoms with Gasteiger partial charge >= 0.3 is 5.97 Å². The van der Waals surface area contributed by atoms with Gasteiger partial charge in [-0.3, -0.25) is 9.48 Å². The highest BCUT2D eigenvalue weighted by molar-refractivity contribution is 5.69. The second-order valence-corrected chi connectivity index (χ2v) is 3.50. The molecule has 1 rings (SSSR count). The van der Waals surface area contributed by atoms with Gasteiger partial charge in [-0.25, -0.2) is 0 Å². The number of hydrogen-bond acceptors (Lipinski definition) is 2. The predicted molar refractivity (Wildman–Crippen MR) is 52.9 cm³/mol. The Bertz CT molecular complexity index is 307.